The van der Waals surface area contributed by atoms with Gasteiger partial charge in [-0.15, -0.1) is 0 Å². The van der Waals surface area contributed by atoms with Crippen LogP contribution in [0.1, 0.15) is 13.3 Å². The number of carbonyl (C=O) groups is 2. The Labute approximate surface area is 110 Å². The highest BCUT2D eigenvalue weighted by Crippen LogP contribution is 2.31. The van der Waals surface area contributed by atoms with Crippen LogP contribution in [0.5, 0.6) is 5.75 Å². The molecule has 0 unspecified atom stereocenters. The van der Waals surface area contributed by atoms with E-state index in [0.29, 0.717) is 0 Å². The minimum absolute atomic E-state index is 0.0591. The van der Waals surface area contributed by atoms with Crippen LogP contribution in [0.25, 0.3) is 0 Å². The monoisotopic (exact) mass is 287 g/mol. The molecule has 0 aliphatic rings. The molecule has 0 spiro atoms. The van der Waals surface area contributed by atoms with Gasteiger partial charge in [-0.05, 0) is 19.1 Å². The summed E-state index contributed by atoms with van der Waals surface area (Å²) in [6, 6.07) is 3.86. The first-order valence-electron chi connectivity index (χ1n) is 5.19. The van der Waals surface area contributed by atoms with E-state index in [1.54, 1.807) is 0 Å². The summed E-state index contributed by atoms with van der Waals surface area (Å²) in [5.41, 5.74) is 0.0591. The van der Waals surface area contributed by atoms with Gasteiger partial charge in [-0.25, -0.2) is 0 Å². The zero-order chi connectivity index (χ0) is 14.6. The second kappa shape index (κ2) is 5.81. The number of hydrogen-bond donors (Lipinski definition) is 2. The Balaban J connectivity index is 3.16. The van der Waals surface area contributed by atoms with Crippen LogP contribution in [0, 0.1) is 0 Å². The third-order valence-corrected chi connectivity index (χ3v) is 3.02. The van der Waals surface area contributed by atoms with E-state index in [0.717, 1.165) is 6.07 Å². The SMILES string of the molecule is COc1c(NC(=O)CC(C)=O)cccc1S(=O)(=O)O. The van der Waals surface area contributed by atoms with E-state index in [1.165, 1.54) is 26.2 Å². The van der Waals surface area contributed by atoms with Crippen LogP contribution in [0.2, 0.25) is 0 Å². The van der Waals surface area contributed by atoms with Crippen molar-refractivity contribution in [2.75, 3.05) is 12.4 Å². The largest absolute Gasteiger partial charge is 0.493 e. The first-order valence-corrected chi connectivity index (χ1v) is 6.63. The first-order chi connectivity index (χ1) is 8.75. The smallest absolute Gasteiger partial charge is 0.298 e. The van der Waals surface area contributed by atoms with Gasteiger partial charge in [0, 0.05) is 0 Å². The molecule has 1 amide bonds. The summed E-state index contributed by atoms with van der Waals surface area (Å²) >= 11 is 0. The van der Waals surface area contributed by atoms with Crippen LogP contribution < -0.4 is 10.1 Å². The second-order valence-electron chi connectivity index (χ2n) is 3.74. The summed E-state index contributed by atoms with van der Waals surface area (Å²) in [5, 5.41) is 2.34. The molecule has 7 nitrogen and oxygen atoms in total. The van der Waals surface area contributed by atoms with Crippen LogP contribution in [0.3, 0.4) is 0 Å². The molecule has 0 atom stereocenters. The van der Waals surface area contributed by atoms with Gasteiger partial charge in [0.25, 0.3) is 10.1 Å². The summed E-state index contributed by atoms with van der Waals surface area (Å²) in [7, 11) is -3.27. The summed E-state index contributed by atoms with van der Waals surface area (Å²) in [4.78, 5) is 21.8. The summed E-state index contributed by atoms with van der Waals surface area (Å²) in [6.07, 6.45) is -0.334. The Hall–Kier alpha value is -1.93. The van der Waals surface area contributed by atoms with E-state index in [-0.39, 0.29) is 23.6 Å². The highest BCUT2D eigenvalue weighted by Gasteiger charge is 2.20. The lowest BCUT2D eigenvalue weighted by Crippen LogP contribution is -2.16. The molecule has 8 heteroatoms. The zero-order valence-electron chi connectivity index (χ0n) is 10.3. The Bertz CT molecular complexity index is 608. The van der Waals surface area contributed by atoms with E-state index >= 15 is 0 Å². The van der Waals surface area contributed by atoms with Gasteiger partial charge in [-0.1, -0.05) is 6.07 Å². The number of methoxy groups -OCH3 is 1. The number of Topliss-reactive ketones (excluding diaryl/α,β-unsaturated/α-hetero) is 1. The molecule has 104 valence electrons. The van der Waals surface area contributed by atoms with Gasteiger partial charge >= 0.3 is 0 Å². The molecule has 0 aliphatic carbocycles. The predicted molar refractivity (Wildman–Crippen MR) is 66.7 cm³/mol. The van der Waals surface area contributed by atoms with Crippen molar-refractivity contribution in [2.24, 2.45) is 0 Å². The Morgan fingerprint density at radius 3 is 2.47 bits per heavy atom. The van der Waals surface area contributed by atoms with Gasteiger partial charge in [0.2, 0.25) is 5.91 Å². The third-order valence-electron chi connectivity index (χ3n) is 2.14. The van der Waals surface area contributed by atoms with Gasteiger partial charge in [0.05, 0.1) is 19.2 Å². The minimum Gasteiger partial charge on any atom is -0.493 e. The lowest BCUT2D eigenvalue weighted by molar-refractivity contribution is -0.124. The summed E-state index contributed by atoms with van der Waals surface area (Å²) in [5.74, 6) is -1.12. The average molecular weight is 287 g/mol. The van der Waals surface area contributed by atoms with Crippen molar-refractivity contribution in [3.63, 3.8) is 0 Å². The highest BCUT2D eigenvalue weighted by atomic mass is 32.2. The van der Waals surface area contributed by atoms with Crippen LogP contribution in [-0.2, 0) is 19.7 Å². The number of para-hydroxylation sites is 1. The van der Waals surface area contributed by atoms with Crippen molar-refractivity contribution in [2.45, 2.75) is 18.2 Å². The molecule has 19 heavy (non-hydrogen) atoms. The van der Waals surface area contributed by atoms with Crippen LogP contribution in [-0.4, -0.2) is 31.8 Å². The van der Waals surface area contributed by atoms with Crippen molar-refractivity contribution in [1.82, 2.24) is 0 Å². The minimum atomic E-state index is -4.47. The Morgan fingerprint density at radius 1 is 1.37 bits per heavy atom. The maximum atomic E-state index is 11.5. The molecule has 2 N–H and O–H groups in total. The number of benzene rings is 1. The first kappa shape index (κ1) is 15.1. The van der Waals surface area contributed by atoms with Gasteiger partial charge in [-0.3, -0.25) is 14.1 Å². The maximum absolute atomic E-state index is 11.5. The highest BCUT2D eigenvalue weighted by molar-refractivity contribution is 7.86. The molecule has 1 aromatic carbocycles. The van der Waals surface area contributed by atoms with E-state index in [1.807, 2.05) is 0 Å². The van der Waals surface area contributed by atoms with Gasteiger partial charge < -0.3 is 10.1 Å². The Kier molecular flexibility index (Phi) is 4.62. The van der Waals surface area contributed by atoms with Gasteiger partial charge in [0.15, 0.2) is 5.75 Å². The lowest BCUT2D eigenvalue weighted by Gasteiger charge is -2.12. The molecule has 0 aromatic heterocycles. The standard InChI is InChI=1S/C11H13NO6S/c1-7(13)6-10(14)12-8-4-3-5-9(11(8)18-2)19(15,16)17/h3-5H,6H2,1-2H3,(H,12,14)(H,15,16,17). The van der Waals surface area contributed by atoms with Gasteiger partial charge in [-0.2, -0.15) is 8.42 Å². The normalized spacial score (nSPS) is 10.9. The Morgan fingerprint density at radius 2 is 2.00 bits per heavy atom. The molecule has 0 fully saturated rings. The number of rotatable bonds is 5. The fourth-order valence-corrected chi connectivity index (χ4v) is 2.13. The number of anilines is 1. The third kappa shape index (κ3) is 4.04. The molecule has 1 aromatic rings. The van der Waals surface area contributed by atoms with Crippen LogP contribution >= 0.6 is 0 Å². The van der Waals surface area contributed by atoms with E-state index in [9.17, 15) is 18.0 Å². The molecule has 0 radical (unpaired) electrons. The fraction of sp³-hybridized carbons (Fsp3) is 0.273. The topological polar surface area (TPSA) is 110 Å². The molecule has 1 rings (SSSR count). The molecule has 0 aliphatic heterocycles. The fourth-order valence-electron chi connectivity index (χ4n) is 1.45. The maximum Gasteiger partial charge on any atom is 0.298 e. The van der Waals surface area contributed by atoms with Crippen molar-refractivity contribution >= 4 is 27.5 Å². The van der Waals surface area contributed by atoms with Crippen LogP contribution in [0.4, 0.5) is 5.69 Å². The van der Waals surface area contributed by atoms with Crippen molar-refractivity contribution in [3.8, 4) is 5.75 Å². The average Bonchev–Trinajstić information content (AvgIpc) is 2.26. The molecular formula is C11H13NO6S. The number of amides is 1. The predicted octanol–water partition coefficient (Wildman–Crippen LogP) is 0.859. The summed E-state index contributed by atoms with van der Waals surface area (Å²) < 4.78 is 36.2. The molecule has 0 saturated heterocycles. The van der Waals surface area contributed by atoms with Crippen molar-refractivity contribution in [3.05, 3.63) is 18.2 Å². The second-order valence-corrected chi connectivity index (χ2v) is 5.13. The number of hydrogen-bond acceptors (Lipinski definition) is 5. The summed E-state index contributed by atoms with van der Waals surface area (Å²) in [6.45, 7) is 1.26. The molecule has 0 heterocycles. The molecular weight excluding hydrogens is 274 g/mol. The zero-order valence-corrected chi connectivity index (χ0v) is 11.2. The van der Waals surface area contributed by atoms with E-state index < -0.39 is 20.9 Å². The number of nitrogens with one attached hydrogen (secondary N) is 1. The lowest BCUT2D eigenvalue weighted by atomic mass is 10.2. The number of ketones is 1. The van der Waals surface area contributed by atoms with Gasteiger partial charge in [0.1, 0.15) is 10.7 Å². The van der Waals surface area contributed by atoms with Crippen LogP contribution in [0.15, 0.2) is 23.1 Å². The van der Waals surface area contributed by atoms with Crippen molar-refractivity contribution < 1.29 is 27.3 Å². The quantitative estimate of drug-likeness (QED) is 0.614. The number of carbonyl (C=O) groups excluding carboxylic acids is 2. The van der Waals surface area contributed by atoms with Crippen molar-refractivity contribution in [1.29, 1.82) is 0 Å². The number of ether oxygens (including phenoxy) is 1. The molecule has 0 saturated carbocycles. The van der Waals surface area contributed by atoms with E-state index in [4.69, 9.17) is 9.29 Å². The molecule has 0 bridgehead atoms. The van der Waals surface area contributed by atoms with E-state index in [2.05, 4.69) is 5.32 Å².